The zero-order valence-corrected chi connectivity index (χ0v) is 14.5. The molecule has 0 heterocycles. The van der Waals surface area contributed by atoms with Crippen LogP contribution in [-0.2, 0) is 0 Å². The minimum atomic E-state index is 0.198. The molecule has 2 nitrogen and oxygen atoms in total. The van der Waals surface area contributed by atoms with Crippen LogP contribution in [0.3, 0.4) is 0 Å². The second kappa shape index (κ2) is 7.15. The number of hydrogen-bond acceptors (Lipinski definition) is 2. The highest BCUT2D eigenvalue weighted by Gasteiger charge is 2.53. The number of oxime groups is 1. The summed E-state index contributed by atoms with van der Waals surface area (Å²) >= 11 is 0. The van der Waals surface area contributed by atoms with E-state index in [1.807, 2.05) is 6.21 Å². The lowest BCUT2D eigenvalue weighted by molar-refractivity contribution is 0.0833. The van der Waals surface area contributed by atoms with E-state index in [2.05, 4.69) is 32.9 Å². The van der Waals surface area contributed by atoms with Crippen molar-refractivity contribution in [2.75, 3.05) is 0 Å². The van der Waals surface area contributed by atoms with Gasteiger partial charge in [-0.25, -0.2) is 0 Å². The highest BCUT2D eigenvalue weighted by atomic mass is 16.4. The second-order valence-electron chi connectivity index (χ2n) is 8.32. The summed E-state index contributed by atoms with van der Waals surface area (Å²) in [6, 6.07) is 0. The molecule has 2 saturated carbocycles. The molecule has 0 unspecified atom stereocenters. The van der Waals surface area contributed by atoms with Crippen LogP contribution in [0.2, 0.25) is 0 Å². The Morgan fingerprint density at radius 1 is 1.19 bits per heavy atom. The number of rotatable bonds is 6. The molecule has 1 N–H and O–H groups in total. The first-order valence-electron chi connectivity index (χ1n) is 9.20. The van der Waals surface area contributed by atoms with Crippen LogP contribution in [0, 0.1) is 35.0 Å². The first-order valence-corrected chi connectivity index (χ1v) is 9.20. The summed E-state index contributed by atoms with van der Waals surface area (Å²) in [4.78, 5) is 0. The van der Waals surface area contributed by atoms with Crippen LogP contribution in [0.4, 0.5) is 0 Å². The summed E-state index contributed by atoms with van der Waals surface area (Å²) in [6.07, 6.45) is 12.6. The molecule has 0 aromatic rings. The summed E-state index contributed by atoms with van der Waals surface area (Å²) in [5.41, 5.74) is 0.198. The van der Waals surface area contributed by atoms with Gasteiger partial charge in [-0.05, 0) is 48.9 Å². The summed E-state index contributed by atoms with van der Waals surface area (Å²) in [6.45, 7) is 9.49. The summed E-state index contributed by atoms with van der Waals surface area (Å²) < 4.78 is 0. The topological polar surface area (TPSA) is 32.6 Å². The molecule has 0 bridgehead atoms. The Hall–Kier alpha value is -0.530. The minimum absolute atomic E-state index is 0.198. The molecule has 2 fully saturated rings. The third kappa shape index (κ3) is 3.46. The highest BCUT2D eigenvalue weighted by molar-refractivity contribution is 5.67. The first-order chi connectivity index (χ1) is 10.0. The van der Waals surface area contributed by atoms with Crippen molar-refractivity contribution in [1.82, 2.24) is 0 Å². The van der Waals surface area contributed by atoms with E-state index in [0.717, 1.165) is 29.6 Å². The maximum atomic E-state index is 9.26. The molecule has 2 heteroatoms. The minimum Gasteiger partial charge on any atom is -0.411 e. The Bertz CT molecular complexity index is 351. The fourth-order valence-electron chi connectivity index (χ4n) is 5.51. The van der Waals surface area contributed by atoms with Crippen LogP contribution in [0.25, 0.3) is 0 Å². The molecule has 0 spiro atoms. The Balaban J connectivity index is 2.07. The van der Waals surface area contributed by atoms with Crippen molar-refractivity contribution in [3.63, 3.8) is 0 Å². The van der Waals surface area contributed by atoms with Crippen LogP contribution in [0.1, 0.15) is 79.1 Å². The molecule has 0 aromatic heterocycles. The van der Waals surface area contributed by atoms with E-state index >= 15 is 0 Å². The van der Waals surface area contributed by atoms with E-state index in [1.165, 1.54) is 51.4 Å². The average Bonchev–Trinajstić information content (AvgIpc) is 2.79. The molecular formula is C19H35NO. The maximum absolute atomic E-state index is 9.26. The maximum Gasteiger partial charge on any atom is 0.0503 e. The quantitative estimate of drug-likeness (QED) is 0.378. The normalized spacial score (nSPS) is 38.0. The molecular weight excluding hydrogens is 258 g/mol. The lowest BCUT2D eigenvalue weighted by Gasteiger charge is -2.45. The first kappa shape index (κ1) is 16.8. The monoisotopic (exact) mass is 293 g/mol. The van der Waals surface area contributed by atoms with Crippen LogP contribution < -0.4 is 0 Å². The van der Waals surface area contributed by atoms with E-state index in [4.69, 9.17) is 0 Å². The van der Waals surface area contributed by atoms with Gasteiger partial charge in [0.25, 0.3) is 0 Å². The second-order valence-corrected chi connectivity index (χ2v) is 8.32. The van der Waals surface area contributed by atoms with Crippen LogP contribution in [0.15, 0.2) is 5.16 Å². The van der Waals surface area contributed by atoms with Gasteiger partial charge in [0.15, 0.2) is 0 Å². The van der Waals surface area contributed by atoms with Gasteiger partial charge in [0.1, 0.15) is 0 Å². The fourth-order valence-corrected chi connectivity index (χ4v) is 5.51. The van der Waals surface area contributed by atoms with Crippen LogP contribution >= 0.6 is 0 Å². The molecule has 0 aromatic carbocycles. The predicted molar refractivity (Wildman–Crippen MR) is 89.8 cm³/mol. The van der Waals surface area contributed by atoms with Gasteiger partial charge in [-0.1, -0.05) is 59.8 Å². The molecule has 2 rings (SSSR count). The highest BCUT2D eigenvalue weighted by Crippen LogP contribution is 2.59. The summed E-state index contributed by atoms with van der Waals surface area (Å²) in [5, 5.41) is 12.8. The van der Waals surface area contributed by atoms with Gasteiger partial charge in [-0.3, -0.25) is 0 Å². The molecule has 0 amide bonds. The third-order valence-corrected chi connectivity index (χ3v) is 6.55. The average molecular weight is 293 g/mol. The van der Waals surface area contributed by atoms with E-state index in [0.29, 0.717) is 0 Å². The summed E-state index contributed by atoms with van der Waals surface area (Å²) in [5.74, 6) is 3.85. The summed E-state index contributed by atoms with van der Waals surface area (Å²) in [7, 11) is 0. The van der Waals surface area contributed by atoms with Crippen molar-refractivity contribution in [2.24, 2.45) is 40.2 Å². The van der Waals surface area contributed by atoms with Gasteiger partial charge in [-0.15, -0.1) is 5.16 Å². The third-order valence-electron chi connectivity index (χ3n) is 6.55. The molecule has 2 aliphatic rings. The largest absolute Gasteiger partial charge is 0.411 e. The van der Waals surface area contributed by atoms with Gasteiger partial charge in [0, 0.05) is 5.41 Å². The van der Waals surface area contributed by atoms with Crippen molar-refractivity contribution in [2.45, 2.75) is 79.1 Å². The molecule has 0 aliphatic heterocycles. The van der Waals surface area contributed by atoms with Gasteiger partial charge in [-0.2, -0.15) is 0 Å². The van der Waals surface area contributed by atoms with Crippen molar-refractivity contribution in [3.8, 4) is 0 Å². The molecule has 2 aliphatic carbocycles. The van der Waals surface area contributed by atoms with Crippen molar-refractivity contribution < 1.29 is 5.21 Å². The predicted octanol–water partition coefficient (Wildman–Crippen LogP) is 5.74. The SMILES string of the molecule is CC(C)CCC[C@H](C)[C@H]1CC[C@H]2[C@@H](C)CCC[C@]12/C=N\O. The number of hydrogen-bond donors (Lipinski definition) is 1. The van der Waals surface area contributed by atoms with E-state index in [-0.39, 0.29) is 5.41 Å². The standard InChI is InChI=1S/C19H35NO/c1-14(2)7-5-8-15(3)17-10-11-18-16(4)9-6-12-19(17,18)13-20-21/h13-18,21H,5-12H2,1-4H3/b20-13-/t15-,16-,17+,18-,19-/m0/s1. The van der Waals surface area contributed by atoms with E-state index in [1.54, 1.807) is 0 Å². The van der Waals surface area contributed by atoms with Crippen LogP contribution in [-0.4, -0.2) is 11.4 Å². The van der Waals surface area contributed by atoms with Gasteiger partial charge in [0.2, 0.25) is 0 Å². The molecule has 21 heavy (non-hydrogen) atoms. The van der Waals surface area contributed by atoms with E-state index in [9.17, 15) is 5.21 Å². The lowest BCUT2D eigenvalue weighted by Crippen LogP contribution is -2.42. The Morgan fingerprint density at radius 2 is 1.95 bits per heavy atom. The number of nitrogens with zero attached hydrogens (tertiary/aromatic N) is 1. The number of fused-ring (bicyclic) bond motifs is 1. The zero-order chi connectivity index (χ0) is 15.5. The molecule has 122 valence electrons. The van der Waals surface area contributed by atoms with Gasteiger partial charge < -0.3 is 5.21 Å². The van der Waals surface area contributed by atoms with Crippen molar-refractivity contribution >= 4 is 6.21 Å². The fraction of sp³-hybridized carbons (Fsp3) is 0.947. The van der Waals surface area contributed by atoms with Crippen molar-refractivity contribution in [3.05, 3.63) is 0 Å². The van der Waals surface area contributed by atoms with E-state index < -0.39 is 0 Å². The Labute approximate surface area is 131 Å². The van der Waals surface area contributed by atoms with Gasteiger partial charge in [0.05, 0.1) is 6.21 Å². The molecule has 0 radical (unpaired) electrons. The molecule has 0 saturated heterocycles. The van der Waals surface area contributed by atoms with Crippen molar-refractivity contribution in [1.29, 1.82) is 0 Å². The van der Waals surface area contributed by atoms with Crippen LogP contribution in [0.5, 0.6) is 0 Å². The lowest BCUT2D eigenvalue weighted by atomic mass is 9.59. The zero-order valence-electron chi connectivity index (χ0n) is 14.5. The molecule has 5 atom stereocenters. The Kier molecular flexibility index (Phi) is 5.73. The van der Waals surface area contributed by atoms with Gasteiger partial charge >= 0.3 is 0 Å². The Morgan fingerprint density at radius 3 is 2.62 bits per heavy atom. The smallest absolute Gasteiger partial charge is 0.0503 e.